The minimum Gasteiger partial charge on any atom is -0.462 e. The number of fused-ring (bicyclic) bond motifs is 3. The molecular formula is C29H33N3O6. The molecule has 2 aliphatic rings. The van der Waals surface area contributed by atoms with Crippen LogP contribution in [0.25, 0.3) is 10.9 Å². The number of nitrogens with zero attached hydrogens (tertiary/aromatic N) is 3. The summed E-state index contributed by atoms with van der Waals surface area (Å²) >= 11 is 0. The quantitative estimate of drug-likeness (QED) is 0.422. The molecule has 0 N–H and O–H groups in total. The van der Waals surface area contributed by atoms with Crippen LogP contribution in [0.3, 0.4) is 0 Å². The number of hydrogen-bond donors (Lipinski definition) is 0. The molecule has 2 bridgehead atoms. The highest BCUT2D eigenvalue weighted by atomic mass is 16.5. The Bertz CT molecular complexity index is 1450. The van der Waals surface area contributed by atoms with E-state index >= 15 is 0 Å². The Morgan fingerprint density at radius 1 is 0.947 bits per heavy atom. The molecule has 3 heterocycles. The molecule has 3 aromatic rings. The van der Waals surface area contributed by atoms with Gasteiger partial charge >= 0.3 is 17.6 Å². The molecule has 0 saturated carbocycles. The summed E-state index contributed by atoms with van der Waals surface area (Å²) in [6.07, 6.45) is 3.86. The molecule has 2 unspecified atom stereocenters. The summed E-state index contributed by atoms with van der Waals surface area (Å²) in [5.74, 6) is -0.664. The number of rotatable bonds is 8. The van der Waals surface area contributed by atoms with Crippen molar-refractivity contribution in [1.82, 2.24) is 14.0 Å². The van der Waals surface area contributed by atoms with Crippen LogP contribution in [0.1, 0.15) is 43.2 Å². The average molecular weight is 520 g/mol. The summed E-state index contributed by atoms with van der Waals surface area (Å²) in [4.78, 5) is 53.0. The van der Waals surface area contributed by atoms with Gasteiger partial charge in [-0.15, -0.1) is 0 Å². The number of benzene rings is 2. The van der Waals surface area contributed by atoms with Gasteiger partial charge in [-0.2, -0.15) is 0 Å². The summed E-state index contributed by atoms with van der Waals surface area (Å²) < 4.78 is 13.5. The number of hydrogen-bond acceptors (Lipinski definition) is 7. The lowest BCUT2D eigenvalue weighted by Gasteiger charge is -2.38. The van der Waals surface area contributed by atoms with Crippen molar-refractivity contribution in [2.45, 2.75) is 70.4 Å². The molecule has 0 aliphatic carbocycles. The van der Waals surface area contributed by atoms with Gasteiger partial charge in [-0.3, -0.25) is 23.9 Å². The lowest BCUT2D eigenvalue weighted by molar-refractivity contribution is -0.152. The van der Waals surface area contributed by atoms with Gasteiger partial charge in [0.05, 0.1) is 23.7 Å². The number of ether oxygens (including phenoxy) is 2. The highest BCUT2D eigenvalue weighted by molar-refractivity contribution is 5.81. The average Bonchev–Trinajstić information content (AvgIpc) is 3.14. The van der Waals surface area contributed by atoms with Crippen LogP contribution in [0.15, 0.2) is 58.1 Å². The molecule has 200 valence electrons. The summed E-state index contributed by atoms with van der Waals surface area (Å²) in [7, 11) is 1.60. The van der Waals surface area contributed by atoms with Crippen LogP contribution in [0, 0.1) is 6.92 Å². The van der Waals surface area contributed by atoms with E-state index in [1.165, 1.54) is 4.57 Å². The van der Waals surface area contributed by atoms with Crippen molar-refractivity contribution in [1.29, 1.82) is 0 Å². The van der Waals surface area contributed by atoms with Crippen molar-refractivity contribution < 1.29 is 19.1 Å². The first-order valence-corrected chi connectivity index (χ1v) is 13.2. The van der Waals surface area contributed by atoms with E-state index in [2.05, 4.69) is 4.90 Å². The van der Waals surface area contributed by atoms with Gasteiger partial charge in [0.1, 0.15) is 6.10 Å². The van der Waals surface area contributed by atoms with Crippen molar-refractivity contribution in [3.63, 3.8) is 0 Å². The molecule has 2 saturated heterocycles. The van der Waals surface area contributed by atoms with Gasteiger partial charge in [0.15, 0.2) is 6.73 Å². The SMILES string of the molecule is Cc1cccc2c1c(=O)n(COC(=O)CCN1C3CCC1CC(OC(=O)Cc1ccccc1)C3)c(=O)n2C. The van der Waals surface area contributed by atoms with E-state index in [-0.39, 0.29) is 37.0 Å². The molecule has 38 heavy (non-hydrogen) atoms. The normalized spacial score (nSPS) is 20.9. The third kappa shape index (κ3) is 5.29. The van der Waals surface area contributed by atoms with Gasteiger partial charge in [0.2, 0.25) is 0 Å². The van der Waals surface area contributed by atoms with Crippen molar-refractivity contribution in [2.24, 2.45) is 7.05 Å². The van der Waals surface area contributed by atoms with Gasteiger partial charge in [0.25, 0.3) is 5.56 Å². The molecule has 2 aromatic carbocycles. The van der Waals surface area contributed by atoms with Crippen LogP contribution >= 0.6 is 0 Å². The third-order valence-electron chi connectivity index (χ3n) is 7.85. The van der Waals surface area contributed by atoms with Crippen LogP contribution < -0.4 is 11.2 Å². The summed E-state index contributed by atoms with van der Waals surface area (Å²) in [6, 6.07) is 15.4. The predicted octanol–water partition coefficient (Wildman–Crippen LogP) is 2.68. The first kappa shape index (κ1) is 25.9. The standard InChI is InChI=1S/C29H33N3O6/c1-19-7-6-10-24-27(19)28(35)32(29(36)30(24)2)18-37-25(33)13-14-31-21-11-12-22(31)17-23(16-21)38-26(34)15-20-8-4-3-5-9-20/h3-10,21-23H,11-18H2,1-2H3. The molecule has 2 aliphatic heterocycles. The number of carbonyl (C=O) groups is 2. The topological polar surface area (TPSA) is 99.8 Å². The Hall–Kier alpha value is -3.72. The number of piperidine rings is 1. The van der Waals surface area contributed by atoms with Crippen molar-refractivity contribution >= 4 is 22.8 Å². The van der Waals surface area contributed by atoms with E-state index in [4.69, 9.17) is 9.47 Å². The van der Waals surface area contributed by atoms with Crippen LogP contribution in [-0.2, 0) is 39.3 Å². The zero-order valence-corrected chi connectivity index (χ0v) is 21.8. The number of aryl methyl sites for hydroxylation is 2. The van der Waals surface area contributed by atoms with E-state index < -0.39 is 23.9 Å². The molecule has 5 rings (SSSR count). The second-order valence-electron chi connectivity index (χ2n) is 10.3. The number of esters is 2. The van der Waals surface area contributed by atoms with Crippen LogP contribution in [0.5, 0.6) is 0 Å². The van der Waals surface area contributed by atoms with Gasteiger partial charge in [-0.1, -0.05) is 42.5 Å². The van der Waals surface area contributed by atoms with E-state index in [0.29, 0.717) is 17.4 Å². The van der Waals surface area contributed by atoms with Gasteiger partial charge in [-0.05, 0) is 37.0 Å². The molecule has 0 radical (unpaired) electrons. The molecule has 9 nitrogen and oxygen atoms in total. The minimum atomic E-state index is -0.525. The van der Waals surface area contributed by atoms with E-state index in [1.807, 2.05) is 43.3 Å². The number of carbonyl (C=O) groups excluding carboxylic acids is 2. The Balaban J connectivity index is 1.14. The van der Waals surface area contributed by atoms with E-state index in [0.717, 1.165) is 41.4 Å². The molecule has 0 spiro atoms. The maximum Gasteiger partial charge on any atom is 0.334 e. The monoisotopic (exact) mass is 519 g/mol. The Kier molecular flexibility index (Phi) is 7.46. The van der Waals surface area contributed by atoms with Crippen molar-refractivity contribution in [2.75, 3.05) is 6.54 Å². The minimum absolute atomic E-state index is 0.105. The Morgan fingerprint density at radius 2 is 1.66 bits per heavy atom. The van der Waals surface area contributed by atoms with Crippen LogP contribution in [0.2, 0.25) is 0 Å². The molecule has 2 atom stereocenters. The first-order valence-electron chi connectivity index (χ1n) is 13.2. The van der Waals surface area contributed by atoms with E-state index in [9.17, 15) is 19.2 Å². The number of aromatic nitrogens is 2. The summed E-state index contributed by atoms with van der Waals surface area (Å²) in [5, 5.41) is 0.439. The second-order valence-corrected chi connectivity index (χ2v) is 10.3. The molecule has 1 aromatic heterocycles. The first-order chi connectivity index (χ1) is 18.3. The zero-order valence-electron chi connectivity index (χ0n) is 21.8. The van der Waals surface area contributed by atoms with Crippen molar-refractivity contribution in [3.05, 3.63) is 80.5 Å². The van der Waals surface area contributed by atoms with Gasteiger partial charge in [-0.25, -0.2) is 9.36 Å². The highest BCUT2D eigenvalue weighted by Crippen LogP contribution is 2.37. The fraction of sp³-hybridized carbons (Fsp3) is 0.448. The Morgan fingerprint density at radius 3 is 2.37 bits per heavy atom. The fourth-order valence-corrected chi connectivity index (χ4v) is 5.93. The van der Waals surface area contributed by atoms with Crippen LogP contribution in [0.4, 0.5) is 0 Å². The lowest BCUT2D eigenvalue weighted by Crippen LogP contribution is -2.46. The van der Waals surface area contributed by atoms with Crippen molar-refractivity contribution in [3.8, 4) is 0 Å². The zero-order chi connectivity index (χ0) is 26.8. The molecule has 2 fully saturated rings. The van der Waals surface area contributed by atoms with Gasteiger partial charge in [0, 0.05) is 38.5 Å². The lowest BCUT2D eigenvalue weighted by atomic mass is 9.99. The maximum atomic E-state index is 13.0. The fourth-order valence-electron chi connectivity index (χ4n) is 5.93. The predicted molar refractivity (Wildman–Crippen MR) is 142 cm³/mol. The summed E-state index contributed by atoms with van der Waals surface area (Å²) in [5.41, 5.74) is 1.26. The largest absolute Gasteiger partial charge is 0.462 e. The maximum absolute atomic E-state index is 13.0. The Labute approximate surface area is 220 Å². The third-order valence-corrected chi connectivity index (χ3v) is 7.85. The second kappa shape index (κ2) is 10.9. The molecule has 9 heteroatoms. The molecular weight excluding hydrogens is 486 g/mol. The van der Waals surface area contributed by atoms with Crippen LogP contribution in [-0.4, -0.2) is 50.7 Å². The molecule has 0 amide bonds. The van der Waals surface area contributed by atoms with E-state index in [1.54, 1.807) is 19.2 Å². The summed E-state index contributed by atoms with van der Waals surface area (Å²) in [6.45, 7) is 1.93. The highest BCUT2D eigenvalue weighted by Gasteiger charge is 2.41. The van der Waals surface area contributed by atoms with Gasteiger partial charge < -0.3 is 9.47 Å². The smallest absolute Gasteiger partial charge is 0.334 e.